The molecule has 2 aromatic rings. The minimum atomic E-state index is 0.184. The van der Waals surface area contributed by atoms with Gasteiger partial charge in [0.05, 0.1) is 0 Å². The summed E-state index contributed by atoms with van der Waals surface area (Å²) in [4.78, 5) is 0. The van der Waals surface area contributed by atoms with E-state index in [-0.39, 0.29) is 5.41 Å². The first kappa shape index (κ1) is 15.4. The normalized spacial score (nSPS) is 11.5. The molecule has 0 atom stereocenters. The van der Waals surface area contributed by atoms with Gasteiger partial charge in [0.15, 0.2) is 0 Å². The van der Waals surface area contributed by atoms with E-state index in [4.69, 9.17) is 10.5 Å². The van der Waals surface area contributed by atoms with Crippen LogP contribution in [0.15, 0.2) is 36.4 Å². The minimum absolute atomic E-state index is 0.184. The number of benzene rings is 2. The number of nitrogen functional groups attached to an aromatic ring is 1. The molecule has 0 saturated carbocycles. The Morgan fingerprint density at radius 3 is 1.95 bits per heavy atom. The van der Waals surface area contributed by atoms with Crippen molar-refractivity contribution in [2.75, 3.05) is 5.73 Å². The minimum Gasteiger partial charge on any atom is -0.488 e. The Hall–Kier alpha value is -1.96. The van der Waals surface area contributed by atoms with E-state index in [0.717, 1.165) is 22.6 Å². The SMILES string of the molecule is Cc1cc(N)cc(C)c1OCc1ccc(C(C)(C)C)cc1. The van der Waals surface area contributed by atoms with E-state index >= 15 is 0 Å². The van der Waals surface area contributed by atoms with Gasteiger partial charge in [-0.1, -0.05) is 45.0 Å². The van der Waals surface area contributed by atoms with Crippen LogP contribution in [0.3, 0.4) is 0 Å². The molecule has 0 aliphatic carbocycles. The van der Waals surface area contributed by atoms with Gasteiger partial charge in [0.1, 0.15) is 12.4 Å². The summed E-state index contributed by atoms with van der Waals surface area (Å²) in [7, 11) is 0. The van der Waals surface area contributed by atoms with Crippen molar-refractivity contribution in [3.05, 3.63) is 58.7 Å². The van der Waals surface area contributed by atoms with E-state index in [1.54, 1.807) is 0 Å². The van der Waals surface area contributed by atoms with Crippen molar-refractivity contribution in [1.82, 2.24) is 0 Å². The Morgan fingerprint density at radius 1 is 0.952 bits per heavy atom. The largest absolute Gasteiger partial charge is 0.488 e. The van der Waals surface area contributed by atoms with Crippen molar-refractivity contribution in [1.29, 1.82) is 0 Å². The average molecular weight is 283 g/mol. The maximum Gasteiger partial charge on any atom is 0.125 e. The Morgan fingerprint density at radius 2 is 1.48 bits per heavy atom. The van der Waals surface area contributed by atoms with Gasteiger partial charge >= 0.3 is 0 Å². The zero-order chi connectivity index (χ0) is 15.6. The Bertz CT molecular complexity index is 598. The molecule has 2 rings (SSSR count). The van der Waals surface area contributed by atoms with Crippen molar-refractivity contribution in [3.63, 3.8) is 0 Å². The topological polar surface area (TPSA) is 35.2 Å². The van der Waals surface area contributed by atoms with Crippen molar-refractivity contribution in [2.45, 2.75) is 46.6 Å². The fourth-order valence-corrected chi connectivity index (χ4v) is 2.47. The van der Waals surface area contributed by atoms with Crippen molar-refractivity contribution in [2.24, 2.45) is 0 Å². The molecule has 0 heterocycles. The Kier molecular flexibility index (Phi) is 4.26. The molecule has 2 aromatic carbocycles. The van der Waals surface area contributed by atoms with E-state index in [1.807, 2.05) is 26.0 Å². The van der Waals surface area contributed by atoms with Gasteiger partial charge in [-0.15, -0.1) is 0 Å². The molecule has 112 valence electrons. The highest BCUT2D eigenvalue weighted by molar-refractivity contribution is 5.52. The van der Waals surface area contributed by atoms with Crippen LogP contribution in [-0.2, 0) is 12.0 Å². The van der Waals surface area contributed by atoms with Crippen molar-refractivity contribution >= 4 is 5.69 Å². The molecule has 2 heteroatoms. The van der Waals surface area contributed by atoms with Gasteiger partial charge in [-0.2, -0.15) is 0 Å². The third-order valence-electron chi connectivity index (χ3n) is 3.69. The van der Waals surface area contributed by atoms with Crippen LogP contribution >= 0.6 is 0 Å². The highest BCUT2D eigenvalue weighted by Gasteiger charge is 2.13. The number of hydrogen-bond acceptors (Lipinski definition) is 2. The number of aryl methyl sites for hydroxylation is 2. The molecular formula is C19H25NO. The smallest absolute Gasteiger partial charge is 0.125 e. The molecule has 0 aromatic heterocycles. The summed E-state index contributed by atoms with van der Waals surface area (Å²) in [6.45, 7) is 11.3. The fourth-order valence-electron chi connectivity index (χ4n) is 2.47. The summed E-state index contributed by atoms with van der Waals surface area (Å²) in [5.41, 5.74) is 11.5. The van der Waals surface area contributed by atoms with Gasteiger partial charge in [0.2, 0.25) is 0 Å². The van der Waals surface area contributed by atoms with Gasteiger partial charge in [0, 0.05) is 5.69 Å². The predicted octanol–water partition coefficient (Wildman–Crippen LogP) is 4.76. The maximum atomic E-state index is 5.98. The highest BCUT2D eigenvalue weighted by Crippen LogP contribution is 2.27. The van der Waals surface area contributed by atoms with Crippen LogP contribution in [0.5, 0.6) is 5.75 Å². The lowest BCUT2D eigenvalue weighted by Gasteiger charge is -2.19. The number of ether oxygens (including phenoxy) is 1. The number of hydrogen-bond donors (Lipinski definition) is 1. The zero-order valence-electron chi connectivity index (χ0n) is 13.7. The second-order valence-electron chi connectivity index (χ2n) is 6.72. The summed E-state index contributed by atoms with van der Waals surface area (Å²) < 4.78 is 5.98. The number of nitrogens with two attached hydrogens (primary N) is 1. The molecule has 21 heavy (non-hydrogen) atoms. The molecule has 2 nitrogen and oxygen atoms in total. The first-order chi connectivity index (χ1) is 9.77. The number of anilines is 1. The monoisotopic (exact) mass is 283 g/mol. The van der Waals surface area contributed by atoms with Gasteiger partial charge in [-0.05, 0) is 53.6 Å². The third kappa shape index (κ3) is 3.78. The van der Waals surface area contributed by atoms with Crippen LogP contribution in [0, 0.1) is 13.8 Å². The second-order valence-corrected chi connectivity index (χ2v) is 6.72. The lowest BCUT2D eigenvalue weighted by molar-refractivity contribution is 0.302. The van der Waals surface area contributed by atoms with Gasteiger partial charge < -0.3 is 10.5 Å². The molecule has 0 spiro atoms. The summed E-state index contributed by atoms with van der Waals surface area (Å²) >= 11 is 0. The van der Waals surface area contributed by atoms with E-state index in [0.29, 0.717) is 6.61 Å². The van der Waals surface area contributed by atoms with Crippen molar-refractivity contribution < 1.29 is 4.74 Å². The fraction of sp³-hybridized carbons (Fsp3) is 0.368. The molecule has 0 amide bonds. The summed E-state index contributed by atoms with van der Waals surface area (Å²) in [5.74, 6) is 0.934. The Labute approximate surface area is 127 Å². The molecule has 0 radical (unpaired) electrons. The van der Waals surface area contributed by atoms with E-state index in [1.165, 1.54) is 11.1 Å². The van der Waals surface area contributed by atoms with Crippen molar-refractivity contribution in [3.8, 4) is 5.75 Å². The molecule has 0 fully saturated rings. The zero-order valence-corrected chi connectivity index (χ0v) is 13.7. The molecule has 0 bridgehead atoms. The van der Waals surface area contributed by atoms with E-state index < -0.39 is 0 Å². The van der Waals surface area contributed by atoms with Crippen LogP contribution in [0.4, 0.5) is 5.69 Å². The molecule has 0 aliphatic heterocycles. The van der Waals surface area contributed by atoms with Crippen LogP contribution in [0.1, 0.15) is 43.0 Å². The van der Waals surface area contributed by atoms with Gasteiger partial charge in [0.25, 0.3) is 0 Å². The van der Waals surface area contributed by atoms with Crippen LogP contribution in [0.2, 0.25) is 0 Å². The molecule has 0 aliphatic rings. The van der Waals surface area contributed by atoms with Gasteiger partial charge in [-0.25, -0.2) is 0 Å². The van der Waals surface area contributed by atoms with Crippen LogP contribution < -0.4 is 10.5 Å². The lowest BCUT2D eigenvalue weighted by Crippen LogP contribution is -2.10. The van der Waals surface area contributed by atoms with E-state index in [2.05, 4.69) is 45.0 Å². The average Bonchev–Trinajstić information content (AvgIpc) is 2.37. The molecule has 0 saturated heterocycles. The Balaban J connectivity index is 2.10. The summed E-state index contributed by atoms with van der Waals surface area (Å²) in [6.07, 6.45) is 0. The van der Waals surface area contributed by atoms with Crippen LogP contribution in [0.25, 0.3) is 0 Å². The third-order valence-corrected chi connectivity index (χ3v) is 3.69. The highest BCUT2D eigenvalue weighted by atomic mass is 16.5. The first-order valence-electron chi connectivity index (χ1n) is 7.36. The van der Waals surface area contributed by atoms with Gasteiger partial charge in [-0.3, -0.25) is 0 Å². The quantitative estimate of drug-likeness (QED) is 0.824. The van der Waals surface area contributed by atoms with E-state index in [9.17, 15) is 0 Å². The maximum absolute atomic E-state index is 5.98. The molecular weight excluding hydrogens is 258 g/mol. The van der Waals surface area contributed by atoms with Crippen LogP contribution in [-0.4, -0.2) is 0 Å². The summed E-state index contributed by atoms with van der Waals surface area (Å²) in [5, 5.41) is 0. The molecule has 0 unspecified atom stereocenters. The summed E-state index contributed by atoms with van der Waals surface area (Å²) in [6, 6.07) is 12.5. The molecule has 2 N–H and O–H groups in total. The first-order valence-corrected chi connectivity index (χ1v) is 7.36. The standard InChI is InChI=1S/C19H25NO/c1-13-10-17(20)11-14(2)18(13)21-12-15-6-8-16(9-7-15)19(3,4)5/h6-11H,12,20H2,1-5H3. The second kappa shape index (κ2) is 5.80. The predicted molar refractivity (Wildman–Crippen MR) is 89.8 cm³/mol. The lowest BCUT2D eigenvalue weighted by atomic mass is 9.87. The number of rotatable bonds is 3.